The number of hydrogen-bond acceptors (Lipinski definition) is 3. The van der Waals surface area contributed by atoms with Crippen LogP contribution in [0.1, 0.15) is 25.7 Å². The van der Waals surface area contributed by atoms with Gasteiger partial charge in [-0.15, -0.1) is 0 Å². The summed E-state index contributed by atoms with van der Waals surface area (Å²) in [5.74, 6) is 0.201. The summed E-state index contributed by atoms with van der Waals surface area (Å²) < 4.78 is 5.62. The molecular weight excluding hydrogens is 192 g/mol. The molecule has 0 radical (unpaired) electrons. The van der Waals surface area contributed by atoms with Crippen LogP contribution in [0.15, 0.2) is 0 Å². The molecule has 2 aliphatic heterocycles. The highest BCUT2D eigenvalue weighted by Crippen LogP contribution is 2.13. The Morgan fingerprint density at radius 1 is 1.40 bits per heavy atom. The molecule has 2 rings (SSSR count). The van der Waals surface area contributed by atoms with Crippen LogP contribution in [0.25, 0.3) is 0 Å². The predicted molar refractivity (Wildman–Crippen MR) is 57.7 cm³/mol. The summed E-state index contributed by atoms with van der Waals surface area (Å²) in [7, 11) is 0. The summed E-state index contributed by atoms with van der Waals surface area (Å²) in [6.45, 7) is 4.75. The van der Waals surface area contributed by atoms with Crippen LogP contribution in [0.2, 0.25) is 0 Å². The van der Waals surface area contributed by atoms with Crippen LogP contribution < -0.4 is 5.32 Å². The normalized spacial score (nSPS) is 29.6. The third kappa shape index (κ3) is 3.47. The van der Waals surface area contributed by atoms with Crippen molar-refractivity contribution in [2.75, 3.05) is 32.8 Å². The van der Waals surface area contributed by atoms with Crippen molar-refractivity contribution in [3.05, 3.63) is 0 Å². The molecule has 0 saturated carbocycles. The number of carbonyl (C=O) groups is 1. The Morgan fingerprint density at radius 3 is 3.13 bits per heavy atom. The quantitative estimate of drug-likeness (QED) is 0.719. The van der Waals surface area contributed by atoms with Crippen LogP contribution in [0.4, 0.5) is 0 Å². The third-order valence-electron chi connectivity index (χ3n) is 3.11. The van der Waals surface area contributed by atoms with E-state index in [1.54, 1.807) is 0 Å². The Labute approximate surface area is 91.0 Å². The Morgan fingerprint density at radius 2 is 2.33 bits per heavy atom. The van der Waals surface area contributed by atoms with E-state index in [0.29, 0.717) is 12.5 Å². The third-order valence-corrected chi connectivity index (χ3v) is 3.11. The van der Waals surface area contributed by atoms with E-state index in [0.717, 1.165) is 39.2 Å². The van der Waals surface area contributed by atoms with E-state index < -0.39 is 0 Å². The maximum atomic E-state index is 11.1. The average molecular weight is 212 g/mol. The second-order valence-corrected chi connectivity index (χ2v) is 4.39. The fourth-order valence-electron chi connectivity index (χ4n) is 2.28. The summed E-state index contributed by atoms with van der Waals surface area (Å²) >= 11 is 0. The lowest BCUT2D eigenvalue weighted by atomic mass is 10.2. The lowest BCUT2D eigenvalue weighted by molar-refractivity contribution is -0.121. The first kappa shape index (κ1) is 10.9. The molecule has 4 nitrogen and oxygen atoms in total. The monoisotopic (exact) mass is 212 g/mol. The second kappa shape index (κ2) is 5.47. The van der Waals surface area contributed by atoms with Gasteiger partial charge in [0.15, 0.2) is 0 Å². The zero-order chi connectivity index (χ0) is 10.5. The molecule has 2 fully saturated rings. The van der Waals surface area contributed by atoms with Crippen molar-refractivity contribution in [1.29, 1.82) is 0 Å². The molecule has 0 aromatic heterocycles. The average Bonchev–Trinajstić information content (AvgIpc) is 2.66. The highest BCUT2D eigenvalue weighted by atomic mass is 16.5. The molecule has 1 amide bonds. The molecule has 2 aliphatic rings. The summed E-state index contributed by atoms with van der Waals surface area (Å²) in [5, 5.41) is 2.92. The van der Waals surface area contributed by atoms with Crippen LogP contribution >= 0.6 is 0 Å². The minimum absolute atomic E-state index is 0.201. The summed E-state index contributed by atoms with van der Waals surface area (Å²) in [6, 6.07) is 0. The number of rotatable bonds is 2. The Balaban J connectivity index is 1.73. The lowest BCUT2D eigenvalue weighted by Gasteiger charge is -2.26. The van der Waals surface area contributed by atoms with Gasteiger partial charge in [-0.05, 0) is 25.8 Å². The molecule has 2 heterocycles. The summed E-state index contributed by atoms with van der Waals surface area (Å²) in [5.41, 5.74) is 0. The molecule has 15 heavy (non-hydrogen) atoms. The van der Waals surface area contributed by atoms with Crippen LogP contribution in [0.5, 0.6) is 0 Å². The van der Waals surface area contributed by atoms with Gasteiger partial charge in [-0.2, -0.15) is 0 Å². The number of amides is 1. The first-order chi connectivity index (χ1) is 7.34. The molecule has 4 heteroatoms. The van der Waals surface area contributed by atoms with Crippen molar-refractivity contribution in [3.63, 3.8) is 0 Å². The fourth-order valence-corrected chi connectivity index (χ4v) is 2.28. The van der Waals surface area contributed by atoms with Gasteiger partial charge in [-0.3, -0.25) is 9.69 Å². The smallest absolute Gasteiger partial charge is 0.220 e. The van der Waals surface area contributed by atoms with E-state index in [-0.39, 0.29) is 5.91 Å². The molecular formula is C11H20N2O2. The predicted octanol–water partition coefficient (Wildman–Crippen LogP) is 0.377. The topological polar surface area (TPSA) is 41.6 Å². The molecule has 0 spiro atoms. The molecule has 0 aliphatic carbocycles. The molecule has 0 bridgehead atoms. The van der Waals surface area contributed by atoms with Crippen molar-refractivity contribution in [2.45, 2.75) is 31.8 Å². The van der Waals surface area contributed by atoms with Crippen LogP contribution in [0.3, 0.4) is 0 Å². The maximum Gasteiger partial charge on any atom is 0.220 e. The van der Waals surface area contributed by atoms with Crippen LogP contribution in [0, 0.1) is 0 Å². The van der Waals surface area contributed by atoms with E-state index in [9.17, 15) is 4.79 Å². The van der Waals surface area contributed by atoms with Gasteiger partial charge in [-0.25, -0.2) is 0 Å². The van der Waals surface area contributed by atoms with Gasteiger partial charge in [0.1, 0.15) is 0 Å². The number of ether oxygens (including phenoxy) is 1. The molecule has 1 N–H and O–H groups in total. The first-order valence-corrected chi connectivity index (χ1v) is 5.95. The Kier molecular flexibility index (Phi) is 3.97. The fraction of sp³-hybridized carbons (Fsp3) is 0.909. The zero-order valence-corrected chi connectivity index (χ0v) is 9.21. The van der Waals surface area contributed by atoms with E-state index in [1.807, 2.05) is 0 Å². The van der Waals surface area contributed by atoms with E-state index in [2.05, 4.69) is 10.2 Å². The molecule has 2 saturated heterocycles. The SMILES string of the molecule is O=C1CCCN(CC2CCCO2)CCN1. The van der Waals surface area contributed by atoms with Crippen LogP contribution in [-0.2, 0) is 9.53 Å². The van der Waals surface area contributed by atoms with Crippen molar-refractivity contribution in [1.82, 2.24) is 10.2 Å². The van der Waals surface area contributed by atoms with Crippen molar-refractivity contribution >= 4 is 5.91 Å². The van der Waals surface area contributed by atoms with Crippen molar-refractivity contribution in [2.24, 2.45) is 0 Å². The minimum atomic E-state index is 0.201. The van der Waals surface area contributed by atoms with Gasteiger partial charge in [0.05, 0.1) is 6.10 Å². The number of nitrogens with zero attached hydrogens (tertiary/aromatic N) is 1. The Bertz CT molecular complexity index is 203. The number of hydrogen-bond donors (Lipinski definition) is 1. The molecule has 0 aromatic rings. The first-order valence-electron chi connectivity index (χ1n) is 5.95. The van der Waals surface area contributed by atoms with E-state index in [4.69, 9.17) is 4.74 Å². The molecule has 1 atom stereocenters. The highest BCUT2D eigenvalue weighted by molar-refractivity contribution is 5.75. The molecule has 86 valence electrons. The van der Waals surface area contributed by atoms with Crippen LogP contribution in [-0.4, -0.2) is 49.7 Å². The van der Waals surface area contributed by atoms with E-state index in [1.165, 1.54) is 12.8 Å². The van der Waals surface area contributed by atoms with Gasteiger partial charge in [0, 0.05) is 32.7 Å². The standard InChI is InChI=1S/C11H20N2O2/c14-11-4-1-6-13(7-5-12-11)9-10-3-2-8-15-10/h10H,1-9H2,(H,12,14). The highest BCUT2D eigenvalue weighted by Gasteiger charge is 2.20. The maximum absolute atomic E-state index is 11.1. The molecule has 0 aromatic carbocycles. The second-order valence-electron chi connectivity index (χ2n) is 4.39. The van der Waals surface area contributed by atoms with Gasteiger partial charge in [-0.1, -0.05) is 0 Å². The van der Waals surface area contributed by atoms with Gasteiger partial charge < -0.3 is 10.1 Å². The molecule has 1 unspecified atom stereocenters. The summed E-state index contributed by atoms with van der Waals surface area (Å²) in [4.78, 5) is 13.5. The van der Waals surface area contributed by atoms with E-state index >= 15 is 0 Å². The van der Waals surface area contributed by atoms with Crippen molar-refractivity contribution in [3.8, 4) is 0 Å². The van der Waals surface area contributed by atoms with Gasteiger partial charge in [0.2, 0.25) is 5.91 Å². The Hall–Kier alpha value is -0.610. The summed E-state index contributed by atoms with van der Waals surface area (Å²) in [6.07, 6.45) is 4.47. The zero-order valence-electron chi connectivity index (χ0n) is 9.21. The lowest BCUT2D eigenvalue weighted by Crippen LogP contribution is -2.41. The number of carbonyl (C=O) groups excluding carboxylic acids is 1. The van der Waals surface area contributed by atoms with Gasteiger partial charge in [0.25, 0.3) is 0 Å². The van der Waals surface area contributed by atoms with Crippen molar-refractivity contribution < 1.29 is 9.53 Å². The minimum Gasteiger partial charge on any atom is -0.377 e. The van der Waals surface area contributed by atoms with Gasteiger partial charge >= 0.3 is 0 Å². The largest absolute Gasteiger partial charge is 0.377 e. The number of nitrogens with one attached hydrogen (secondary N) is 1.